The second kappa shape index (κ2) is 5.22. The molecular formula is C12H14F2N4. The maximum Gasteiger partial charge on any atom is 0.151 e. The normalized spacial score (nSPS) is 11.2. The van der Waals surface area contributed by atoms with Gasteiger partial charge in [-0.2, -0.15) is 0 Å². The predicted molar refractivity (Wildman–Crippen MR) is 63.3 cm³/mol. The number of para-hydroxylation sites is 1. The Kier molecular flexibility index (Phi) is 3.66. The van der Waals surface area contributed by atoms with Crippen LogP contribution in [0.25, 0.3) is 5.69 Å². The minimum atomic E-state index is -0.664. The van der Waals surface area contributed by atoms with Crippen LogP contribution in [0.5, 0.6) is 0 Å². The Hall–Kier alpha value is -1.82. The third kappa shape index (κ3) is 2.70. The average Bonchev–Trinajstić information content (AvgIpc) is 2.75. The minimum absolute atomic E-state index is 0.208. The fraction of sp³-hybridized carbons (Fsp3) is 0.333. The van der Waals surface area contributed by atoms with Crippen molar-refractivity contribution in [3.8, 4) is 5.69 Å². The summed E-state index contributed by atoms with van der Waals surface area (Å²) in [6.45, 7) is 4.51. The van der Waals surface area contributed by atoms with Gasteiger partial charge in [-0.05, 0) is 12.1 Å². The van der Waals surface area contributed by atoms with Crippen molar-refractivity contribution in [3.05, 3.63) is 41.7 Å². The summed E-state index contributed by atoms with van der Waals surface area (Å²) in [7, 11) is 0. The van der Waals surface area contributed by atoms with Crippen LogP contribution in [0.4, 0.5) is 8.78 Å². The molecule has 4 nitrogen and oxygen atoms in total. The third-order valence-electron chi connectivity index (χ3n) is 2.40. The van der Waals surface area contributed by atoms with Gasteiger partial charge in [-0.3, -0.25) is 0 Å². The molecule has 0 saturated heterocycles. The molecule has 1 heterocycles. The lowest BCUT2D eigenvalue weighted by atomic mass is 10.3. The van der Waals surface area contributed by atoms with E-state index in [1.54, 1.807) is 0 Å². The van der Waals surface area contributed by atoms with Gasteiger partial charge in [0.1, 0.15) is 5.69 Å². The Morgan fingerprint density at radius 2 is 1.94 bits per heavy atom. The van der Waals surface area contributed by atoms with Gasteiger partial charge in [0, 0.05) is 12.6 Å². The molecule has 18 heavy (non-hydrogen) atoms. The van der Waals surface area contributed by atoms with Crippen LogP contribution < -0.4 is 5.32 Å². The second-order valence-electron chi connectivity index (χ2n) is 4.26. The smallest absolute Gasteiger partial charge is 0.151 e. The predicted octanol–water partition coefficient (Wildman–Crippen LogP) is 2.04. The fourth-order valence-corrected chi connectivity index (χ4v) is 1.51. The summed E-state index contributed by atoms with van der Waals surface area (Å²) in [6, 6.07) is 3.99. The lowest BCUT2D eigenvalue weighted by Crippen LogP contribution is -2.21. The lowest BCUT2D eigenvalue weighted by molar-refractivity contribution is 0.556. The molecule has 1 aromatic heterocycles. The van der Waals surface area contributed by atoms with Crippen molar-refractivity contribution in [2.45, 2.75) is 26.4 Å². The number of aromatic nitrogens is 3. The van der Waals surface area contributed by atoms with E-state index in [1.165, 1.54) is 24.4 Å². The maximum atomic E-state index is 13.5. The largest absolute Gasteiger partial charge is 0.309 e. The highest BCUT2D eigenvalue weighted by molar-refractivity contribution is 5.34. The van der Waals surface area contributed by atoms with Crippen LogP contribution in [0.3, 0.4) is 0 Å². The molecule has 2 aromatic rings. The Morgan fingerprint density at radius 3 is 2.56 bits per heavy atom. The van der Waals surface area contributed by atoms with E-state index >= 15 is 0 Å². The highest BCUT2D eigenvalue weighted by Crippen LogP contribution is 2.16. The maximum absolute atomic E-state index is 13.5. The molecule has 0 aliphatic rings. The van der Waals surface area contributed by atoms with Crippen LogP contribution in [0, 0.1) is 11.6 Å². The van der Waals surface area contributed by atoms with Gasteiger partial charge in [-0.1, -0.05) is 25.1 Å². The molecule has 1 N–H and O–H groups in total. The van der Waals surface area contributed by atoms with Gasteiger partial charge in [0.25, 0.3) is 0 Å². The van der Waals surface area contributed by atoms with E-state index in [0.29, 0.717) is 18.3 Å². The van der Waals surface area contributed by atoms with E-state index < -0.39 is 11.6 Å². The number of hydrogen-bond donors (Lipinski definition) is 1. The molecule has 2 rings (SSSR count). The standard InChI is InChI=1S/C12H14F2N4/c1-8(2)15-6-9-7-18(17-16-9)12-10(13)4-3-5-11(12)14/h3-5,7-8,15H,6H2,1-2H3. The lowest BCUT2D eigenvalue weighted by Gasteiger charge is -2.04. The van der Waals surface area contributed by atoms with Crippen molar-refractivity contribution < 1.29 is 8.78 Å². The fourth-order valence-electron chi connectivity index (χ4n) is 1.51. The summed E-state index contributed by atoms with van der Waals surface area (Å²) in [6.07, 6.45) is 1.51. The average molecular weight is 252 g/mol. The first-order valence-corrected chi connectivity index (χ1v) is 5.67. The van der Waals surface area contributed by atoms with Gasteiger partial charge in [0.15, 0.2) is 11.6 Å². The van der Waals surface area contributed by atoms with E-state index in [1.807, 2.05) is 13.8 Å². The van der Waals surface area contributed by atoms with E-state index in [4.69, 9.17) is 0 Å². The summed E-state index contributed by atoms with van der Waals surface area (Å²) in [5, 5.41) is 10.7. The molecule has 0 aliphatic carbocycles. The quantitative estimate of drug-likeness (QED) is 0.905. The SMILES string of the molecule is CC(C)NCc1cn(-c2c(F)cccc2F)nn1. The molecule has 0 fully saturated rings. The van der Waals surface area contributed by atoms with Crippen molar-refractivity contribution in [3.63, 3.8) is 0 Å². The molecule has 0 spiro atoms. The van der Waals surface area contributed by atoms with Gasteiger partial charge in [0.05, 0.1) is 11.9 Å². The molecule has 0 atom stereocenters. The first-order valence-electron chi connectivity index (χ1n) is 5.67. The van der Waals surface area contributed by atoms with Crippen LogP contribution in [-0.4, -0.2) is 21.0 Å². The molecule has 0 saturated carbocycles. The number of nitrogens with one attached hydrogen (secondary N) is 1. The van der Waals surface area contributed by atoms with E-state index in [9.17, 15) is 8.78 Å². The monoisotopic (exact) mass is 252 g/mol. The van der Waals surface area contributed by atoms with Gasteiger partial charge < -0.3 is 5.32 Å². The number of nitrogens with zero attached hydrogens (tertiary/aromatic N) is 3. The molecule has 0 radical (unpaired) electrons. The first-order chi connectivity index (χ1) is 8.58. The summed E-state index contributed by atoms with van der Waals surface area (Å²) >= 11 is 0. The molecule has 96 valence electrons. The second-order valence-corrected chi connectivity index (χ2v) is 4.26. The minimum Gasteiger partial charge on any atom is -0.309 e. The van der Waals surface area contributed by atoms with Crippen molar-refractivity contribution in [2.24, 2.45) is 0 Å². The molecule has 0 bridgehead atoms. The summed E-state index contributed by atoms with van der Waals surface area (Å²) in [4.78, 5) is 0. The topological polar surface area (TPSA) is 42.7 Å². The zero-order chi connectivity index (χ0) is 13.1. The summed E-state index contributed by atoms with van der Waals surface area (Å²) in [5.41, 5.74) is 0.423. The highest BCUT2D eigenvalue weighted by Gasteiger charge is 2.12. The van der Waals surface area contributed by atoms with Crippen LogP contribution >= 0.6 is 0 Å². The van der Waals surface area contributed by atoms with Crippen LogP contribution in [-0.2, 0) is 6.54 Å². The van der Waals surface area contributed by atoms with Crippen LogP contribution in [0.15, 0.2) is 24.4 Å². The Bertz CT molecular complexity index is 516. The van der Waals surface area contributed by atoms with E-state index in [0.717, 1.165) is 4.68 Å². The number of rotatable bonds is 4. The Morgan fingerprint density at radius 1 is 1.28 bits per heavy atom. The van der Waals surface area contributed by atoms with Gasteiger partial charge in [-0.25, -0.2) is 13.5 Å². The highest BCUT2D eigenvalue weighted by atomic mass is 19.1. The van der Waals surface area contributed by atoms with Crippen molar-refractivity contribution in [2.75, 3.05) is 0 Å². The van der Waals surface area contributed by atoms with Crippen molar-refractivity contribution in [1.29, 1.82) is 0 Å². The summed E-state index contributed by atoms with van der Waals surface area (Å²) < 4.78 is 28.1. The Balaban J connectivity index is 2.24. The van der Waals surface area contributed by atoms with Gasteiger partial charge in [0.2, 0.25) is 0 Å². The van der Waals surface area contributed by atoms with Crippen LogP contribution in [0.2, 0.25) is 0 Å². The Labute approximate surface area is 104 Å². The third-order valence-corrected chi connectivity index (χ3v) is 2.40. The summed E-state index contributed by atoms with van der Waals surface area (Å²) in [5.74, 6) is -1.33. The zero-order valence-corrected chi connectivity index (χ0v) is 10.2. The molecule has 0 aliphatic heterocycles. The van der Waals surface area contributed by atoms with Gasteiger partial charge in [-0.15, -0.1) is 5.10 Å². The number of hydrogen-bond acceptors (Lipinski definition) is 3. The number of halogens is 2. The molecule has 0 unspecified atom stereocenters. The van der Waals surface area contributed by atoms with Crippen molar-refractivity contribution in [1.82, 2.24) is 20.3 Å². The number of benzene rings is 1. The van der Waals surface area contributed by atoms with Crippen molar-refractivity contribution >= 4 is 0 Å². The van der Waals surface area contributed by atoms with E-state index in [2.05, 4.69) is 15.6 Å². The first kappa shape index (κ1) is 12.6. The molecular weight excluding hydrogens is 238 g/mol. The van der Waals surface area contributed by atoms with Gasteiger partial charge >= 0.3 is 0 Å². The van der Waals surface area contributed by atoms with E-state index in [-0.39, 0.29) is 5.69 Å². The van der Waals surface area contributed by atoms with Crippen LogP contribution in [0.1, 0.15) is 19.5 Å². The molecule has 6 heteroatoms. The molecule has 1 aromatic carbocycles. The zero-order valence-electron chi connectivity index (χ0n) is 10.2. The molecule has 0 amide bonds.